The van der Waals surface area contributed by atoms with Crippen LogP contribution in [0.4, 0.5) is 0 Å². The molecule has 0 radical (unpaired) electrons. The first-order chi connectivity index (χ1) is 10.1. The van der Waals surface area contributed by atoms with Crippen LogP contribution in [0.5, 0.6) is 0 Å². The number of nitrogens with one attached hydrogen (secondary N) is 1. The number of hydrogen-bond donors (Lipinski definition) is 1. The van der Waals surface area contributed by atoms with Crippen LogP contribution in [-0.2, 0) is 29.0 Å². The maximum atomic E-state index is 11.9. The molecule has 0 amide bonds. The highest BCUT2D eigenvalue weighted by Crippen LogP contribution is 2.32. The smallest absolute Gasteiger partial charge is 0.325 e. The quantitative estimate of drug-likeness (QED) is 0.887. The summed E-state index contributed by atoms with van der Waals surface area (Å²) in [5, 5.41) is 5.31. The molecular formula is C16H19ClN2O2. The summed E-state index contributed by atoms with van der Waals surface area (Å²) < 4.78 is 7.17. The molecule has 21 heavy (non-hydrogen) atoms. The van der Waals surface area contributed by atoms with Gasteiger partial charge in [0.15, 0.2) is 0 Å². The predicted molar refractivity (Wildman–Crippen MR) is 83.7 cm³/mol. The summed E-state index contributed by atoms with van der Waals surface area (Å²) in [6.07, 6.45) is 0.917. The van der Waals surface area contributed by atoms with Crippen molar-refractivity contribution in [2.75, 3.05) is 13.2 Å². The first-order valence-corrected chi connectivity index (χ1v) is 7.66. The molecule has 1 aromatic heterocycles. The molecular weight excluding hydrogens is 288 g/mol. The number of carbonyl (C=O) groups excluding carboxylic acids is 1. The second-order valence-corrected chi connectivity index (χ2v) is 5.77. The molecule has 0 fully saturated rings. The van der Waals surface area contributed by atoms with Crippen molar-refractivity contribution >= 4 is 28.5 Å². The van der Waals surface area contributed by atoms with Crippen LogP contribution >= 0.6 is 11.6 Å². The normalized spacial score (nSPS) is 14.2. The molecule has 1 N–H and O–H groups in total. The van der Waals surface area contributed by atoms with Gasteiger partial charge in [-0.2, -0.15) is 0 Å². The van der Waals surface area contributed by atoms with E-state index in [1.165, 1.54) is 16.6 Å². The van der Waals surface area contributed by atoms with Crippen molar-refractivity contribution in [1.82, 2.24) is 9.88 Å². The van der Waals surface area contributed by atoms with Gasteiger partial charge in [0.1, 0.15) is 6.54 Å². The van der Waals surface area contributed by atoms with Gasteiger partial charge in [-0.25, -0.2) is 0 Å². The molecule has 4 nitrogen and oxygen atoms in total. The summed E-state index contributed by atoms with van der Waals surface area (Å²) in [6, 6.07) is 4.08. The minimum atomic E-state index is -0.201. The van der Waals surface area contributed by atoms with Crippen LogP contribution in [0.15, 0.2) is 12.1 Å². The number of rotatable bonds is 3. The van der Waals surface area contributed by atoms with Crippen molar-refractivity contribution in [2.45, 2.75) is 33.4 Å². The topological polar surface area (TPSA) is 43.3 Å². The Bertz CT molecular complexity index is 706. The zero-order valence-corrected chi connectivity index (χ0v) is 13.1. The number of aromatic nitrogens is 1. The highest BCUT2D eigenvalue weighted by atomic mass is 35.5. The van der Waals surface area contributed by atoms with Crippen LogP contribution in [0.3, 0.4) is 0 Å². The first kappa shape index (κ1) is 14.4. The molecule has 2 aromatic rings. The van der Waals surface area contributed by atoms with E-state index in [1.807, 2.05) is 19.9 Å². The zero-order chi connectivity index (χ0) is 15.0. The fourth-order valence-corrected chi connectivity index (χ4v) is 3.18. The van der Waals surface area contributed by atoms with Gasteiger partial charge in [0.05, 0.1) is 12.1 Å². The lowest BCUT2D eigenvalue weighted by atomic mass is 10.0. The van der Waals surface area contributed by atoms with Crippen LogP contribution in [0.1, 0.15) is 23.7 Å². The van der Waals surface area contributed by atoms with Crippen LogP contribution in [0.25, 0.3) is 10.9 Å². The molecule has 1 aromatic carbocycles. The van der Waals surface area contributed by atoms with Gasteiger partial charge in [-0.05, 0) is 37.1 Å². The Morgan fingerprint density at radius 3 is 3.05 bits per heavy atom. The summed E-state index contributed by atoms with van der Waals surface area (Å²) in [5.74, 6) is -0.201. The van der Waals surface area contributed by atoms with E-state index in [2.05, 4.69) is 16.0 Å². The number of ether oxygens (including phenoxy) is 1. The summed E-state index contributed by atoms with van der Waals surface area (Å²) in [6.45, 7) is 6.25. The third-order valence-electron chi connectivity index (χ3n) is 4.00. The maximum Gasteiger partial charge on any atom is 0.325 e. The van der Waals surface area contributed by atoms with Gasteiger partial charge >= 0.3 is 5.97 Å². The summed E-state index contributed by atoms with van der Waals surface area (Å²) in [5.41, 5.74) is 4.58. The largest absolute Gasteiger partial charge is 0.465 e. The monoisotopic (exact) mass is 306 g/mol. The molecule has 2 heterocycles. The number of esters is 1. The molecule has 112 valence electrons. The molecule has 0 bridgehead atoms. The Morgan fingerprint density at radius 2 is 2.29 bits per heavy atom. The van der Waals surface area contributed by atoms with Crippen molar-refractivity contribution in [1.29, 1.82) is 0 Å². The van der Waals surface area contributed by atoms with Gasteiger partial charge in [0, 0.05) is 35.6 Å². The van der Waals surface area contributed by atoms with Gasteiger partial charge in [-0.15, -0.1) is 0 Å². The Kier molecular flexibility index (Phi) is 3.91. The third kappa shape index (κ3) is 2.54. The summed E-state index contributed by atoms with van der Waals surface area (Å²) >= 11 is 6.28. The molecule has 0 atom stereocenters. The Labute approximate surface area is 129 Å². The van der Waals surface area contributed by atoms with Crippen LogP contribution in [0, 0.1) is 6.92 Å². The number of halogens is 1. The maximum absolute atomic E-state index is 11.9. The summed E-state index contributed by atoms with van der Waals surface area (Å²) in [4.78, 5) is 11.9. The molecule has 5 heteroatoms. The molecule has 0 saturated carbocycles. The molecule has 1 aliphatic rings. The lowest BCUT2D eigenvalue weighted by molar-refractivity contribution is -0.143. The van der Waals surface area contributed by atoms with Crippen molar-refractivity contribution in [3.8, 4) is 0 Å². The van der Waals surface area contributed by atoms with Crippen LogP contribution in [0.2, 0.25) is 5.02 Å². The fraction of sp³-hybridized carbons (Fsp3) is 0.438. The van der Waals surface area contributed by atoms with E-state index < -0.39 is 0 Å². The average Bonchev–Trinajstić information content (AvgIpc) is 2.74. The SMILES string of the molecule is CCOC(=O)Cn1c2c(c3cc(C)c(Cl)cc31)CNCC2. The molecule has 1 aliphatic heterocycles. The average molecular weight is 307 g/mol. The second-order valence-electron chi connectivity index (χ2n) is 5.36. The number of aryl methyl sites for hydroxylation is 1. The van der Waals surface area contributed by atoms with Crippen LogP contribution < -0.4 is 5.32 Å². The number of hydrogen-bond acceptors (Lipinski definition) is 3. The Hall–Kier alpha value is -1.52. The number of fused-ring (bicyclic) bond motifs is 3. The minimum absolute atomic E-state index is 0.201. The highest BCUT2D eigenvalue weighted by molar-refractivity contribution is 6.32. The van der Waals surface area contributed by atoms with Gasteiger partial charge in [0.2, 0.25) is 0 Å². The van der Waals surface area contributed by atoms with Crippen molar-refractivity contribution < 1.29 is 9.53 Å². The molecule has 0 aliphatic carbocycles. The second kappa shape index (κ2) is 5.70. The van der Waals surface area contributed by atoms with Gasteiger partial charge < -0.3 is 14.6 Å². The van der Waals surface area contributed by atoms with E-state index >= 15 is 0 Å². The van der Waals surface area contributed by atoms with E-state index in [0.29, 0.717) is 6.61 Å². The van der Waals surface area contributed by atoms with Crippen molar-refractivity contribution in [3.05, 3.63) is 34.0 Å². The Morgan fingerprint density at radius 1 is 1.48 bits per heavy atom. The van der Waals surface area contributed by atoms with E-state index in [0.717, 1.165) is 35.6 Å². The number of carbonyl (C=O) groups is 1. The number of nitrogens with zero attached hydrogens (tertiary/aromatic N) is 1. The standard InChI is InChI=1S/C16H19ClN2O2/c1-3-21-16(20)9-19-14-4-5-18-8-12(14)11-6-10(2)13(17)7-15(11)19/h6-7,18H,3-5,8-9H2,1-2H3. The fourth-order valence-electron chi connectivity index (χ4n) is 3.02. The van der Waals surface area contributed by atoms with Gasteiger partial charge in [-0.1, -0.05) is 11.6 Å². The van der Waals surface area contributed by atoms with E-state index in [-0.39, 0.29) is 12.5 Å². The lowest BCUT2D eigenvalue weighted by Gasteiger charge is -2.16. The third-order valence-corrected chi connectivity index (χ3v) is 4.41. The van der Waals surface area contributed by atoms with E-state index in [4.69, 9.17) is 16.3 Å². The molecule has 3 rings (SSSR count). The molecule has 0 unspecified atom stereocenters. The van der Waals surface area contributed by atoms with Crippen molar-refractivity contribution in [3.63, 3.8) is 0 Å². The molecule has 0 saturated heterocycles. The molecule has 0 spiro atoms. The van der Waals surface area contributed by atoms with Crippen LogP contribution in [-0.4, -0.2) is 23.7 Å². The van der Waals surface area contributed by atoms with Gasteiger partial charge in [0.25, 0.3) is 0 Å². The summed E-state index contributed by atoms with van der Waals surface area (Å²) in [7, 11) is 0. The van der Waals surface area contributed by atoms with Gasteiger partial charge in [-0.3, -0.25) is 4.79 Å². The highest BCUT2D eigenvalue weighted by Gasteiger charge is 2.22. The van der Waals surface area contributed by atoms with E-state index in [9.17, 15) is 4.79 Å². The van der Waals surface area contributed by atoms with Crippen molar-refractivity contribution in [2.24, 2.45) is 0 Å². The number of benzene rings is 1. The van der Waals surface area contributed by atoms with E-state index in [1.54, 1.807) is 0 Å². The zero-order valence-electron chi connectivity index (χ0n) is 12.3. The predicted octanol–water partition coefficient (Wildman–Crippen LogP) is 2.81. The minimum Gasteiger partial charge on any atom is -0.465 e. The lowest BCUT2D eigenvalue weighted by Crippen LogP contribution is -2.25. The Balaban J connectivity index is 2.16. The first-order valence-electron chi connectivity index (χ1n) is 7.28.